The molecule has 2 unspecified atom stereocenters. The Morgan fingerprint density at radius 3 is 2.59 bits per heavy atom. The molecule has 3 rings (SSSR count). The van der Waals surface area contributed by atoms with Crippen LogP contribution in [0.2, 0.25) is 0 Å². The normalized spacial score (nSPS) is 40.0. The summed E-state index contributed by atoms with van der Waals surface area (Å²) in [5, 5.41) is 3.85. The van der Waals surface area contributed by atoms with Crippen LogP contribution in [-0.4, -0.2) is 35.6 Å². The molecule has 2 aliphatic carbocycles. The Morgan fingerprint density at radius 2 is 2.00 bits per heavy atom. The van der Waals surface area contributed by atoms with Gasteiger partial charge in [-0.2, -0.15) is 0 Å². The minimum Gasteiger partial charge on any atom is -0.308 e. The first-order chi connectivity index (χ1) is 8.23. The molecule has 3 aliphatic rings. The lowest BCUT2D eigenvalue weighted by Gasteiger charge is -2.49. The van der Waals surface area contributed by atoms with E-state index in [1.807, 2.05) is 0 Å². The minimum absolute atomic E-state index is 0.397. The van der Waals surface area contributed by atoms with Gasteiger partial charge in [-0.15, -0.1) is 0 Å². The highest BCUT2D eigenvalue weighted by Gasteiger charge is 2.46. The van der Waals surface area contributed by atoms with Crippen LogP contribution in [0.1, 0.15) is 46.0 Å². The standard InChI is InChI=1S/C15H26N2/c1-3-13-10-16-15(2,12-8-9-12)11-17(13)14-6-4-5-7-14/h4-5,12-14,16H,3,6-11H2,1-2H3. The van der Waals surface area contributed by atoms with Gasteiger partial charge in [0.15, 0.2) is 0 Å². The molecular weight excluding hydrogens is 208 g/mol. The van der Waals surface area contributed by atoms with Crippen LogP contribution in [-0.2, 0) is 0 Å². The first-order valence-corrected chi connectivity index (χ1v) is 7.38. The van der Waals surface area contributed by atoms with E-state index in [0.29, 0.717) is 5.54 Å². The van der Waals surface area contributed by atoms with E-state index in [9.17, 15) is 0 Å². The van der Waals surface area contributed by atoms with Gasteiger partial charge in [-0.25, -0.2) is 0 Å². The van der Waals surface area contributed by atoms with Crippen LogP contribution in [0, 0.1) is 5.92 Å². The Morgan fingerprint density at radius 1 is 1.29 bits per heavy atom. The van der Waals surface area contributed by atoms with Gasteiger partial charge >= 0.3 is 0 Å². The van der Waals surface area contributed by atoms with Gasteiger partial charge in [0, 0.05) is 30.7 Å². The molecule has 17 heavy (non-hydrogen) atoms. The molecule has 0 spiro atoms. The molecule has 0 bridgehead atoms. The highest BCUT2D eigenvalue weighted by atomic mass is 15.3. The van der Waals surface area contributed by atoms with Gasteiger partial charge in [-0.1, -0.05) is 19.1 Å². The van der Waals surface area contributed by atoms with Crippen molar-refractivity contribution in [2.24, 2.45) is 5.92 Å². The van der Waals surface area contributed by atoms with Gasteiger partial charge in [0.1, 0.15) is 0 Å². The van der Waals surface area contributed by atoms with Crippen molar-refractivity contribution >= 4 is 0 Å². The smallest absolute Gasteiger partial charge is 0.0309 e. The maximum absolute atomic E-state index is 3.85. The van der Waals surface area contributed by atoms with E-state index in [0.717, 1.165) is 18.0 Å². The Bertz CT molecular complexity index is 298. The molecule has 2 atom stereocenters. The van der Waals surface area contributed by atoms with Crippen molar-refractivity contribution in [3.63, 3.8) is 0 Å². The summed E-state index contributed by atoms with van der Waals surface area (Å²) in [7, 11) is 0. The molecule has 0 aromatic carbocycles. The topological polar surface area (TPSA) is 15.3 Å². The first kappa shape index (κ1) is 11.7. The summed E-state index contributed by atoms with van der Waals surface area (Å²) in [6, 6.07) is 1.55. The number of hydrogen-bond donors (Lipinski definition) is 1. The zero-order chi connectivity index (χ0) is 11.9. The van der Waals surface area contributed by atoms with Gasteiger partial charge in [0.25, 0.3) is 0 Å². The Balaban J connectivity index is 1.72. The summed E-state index contributed by atoms with van der Waals surface area (Å²) >= 11 is 0. The van der Waals surface area contributed by atoms with Crippen LogP contribution in [0.3, 0.4) is 0 Å². The van der Waals surface area contributed by atoms with Crippen LogP contribution in [0.25, 0.3) is 0 Å². The monoisotopic (exact) mass is 234 g/mol. The van der Waals surface area contributed by atoms with Crippen molar-refractivity contribution in [1.29, 1.82) is 0 Å². The molecule has 0 radical (unpaired) electrons. The summed E-state index contributed by atoms with van der Waals surface area (Å²) in [5.74, 6) is 0.942. The van der Waals surface area contributed by atoms with Crippen molar-refractivity contribution in [1.82, 2.24) is 10.2 Å². The molecule has 0 aromatic heterocycles. The fraction of sp³-hybridized carbons (Fsp3) is 0.867. The average molecular weight is 234 g/mol. The molecule has 2 fully saturated rings. The summed E-state index contributed by atoms with van der Waals surface area (Å²) in [6.45, 7) is 7.25. The molecule has 1 aliphatic heterocycles. The van der Waals surface area contributed by atoms with Gasteiger partial charge in [0.2, 0.25) is 0 Å². The van der Waals surface area contributed by atoms with Crippen LogP contribution < -0.4 is 5.32 Å². The Hall–Kier alpha value is -0.340. The van der Waals surface area contributed by atoms with Crippen molar-refractivity contribution in [3.05, 3.63) is 12.2 Å². The molecule has 1 saturated heterocycles. The number of nitrogens with zero attached hydrogens (tertiary/aromatic N) is 1. The van der Waals surface area contributed by atoms with Gasteiger partial charge in [-0.3, -0.25) is 4.90 Å². The average Bonchev–Trinajstić information content (AvgIpc) is 3.06. The Kier molecular flexibility index (Phi) is 3.04. The lowest BCUT2D eigenvalue weighted by atomic mass is 9.89. The van der Waals surface area contributed by atoms with Crippen molar-refractivity contribution < 1.29 is 0 Å². The zero-order valence-electron chi connectivity index (χ0n) is 11.3. The predicted octanol–water partition coefficient (Wildman–Crippen LogP) is 2.56. The molecule has 1 heterocycles. The maximum Gasteiger partial charge on any atom is 0.0309 e. The van der Waals surface area contributed by atoms with E-state index in [-0.39, 0.29) is 0 Å². The van der Waals surface area contributed by atoms with Crippen LogP contribution >= 0.6 is 0 Å². The zero-order valence-corrected chi connectivity index (χ0v) is 11.3. The van der Waals surface area contributed by atoms with Crippen molar-refractivity contribution in [2.45, 2.75) is 63.6 Å². The lowest BCUT2D eigenvalue weighted by molar-refractivity contribution is 0.0405. The van der Waals surface area contributed by atoms with Gasteiger partial charge < -0.3 is 5.32 Å². The van der Waals surface area contributed by atoms with E-state index in [1.54, 1.807) is 0 Å². The number of piperazine rings is 1. The van der Waals surface area contributed by atoms with Crippen LogP contribution in [0.15, 0.2) is 12.2 Å². The highest BCUT2D eigenvalue weighted by Crippen LogP contribution is 2.42. The second kappa shape index (κ2) is 4.40. The van der Waals surface area contributed by atoms with Crippen molar-refractivity contribution in [2.75, 3.05) is 13.1 Å². The van der Waals surface area contributed by atoms with E-state index in [1.165, 1.54) is 45.2 Å². The second-order valence-corrected chi connectivity index (χ2v) is 6.40. The quantitative estimate of drug-likeness (QED) is 0.755. The third-order valence-electron chi connectivity index (χ3n) is 5.12. The largest absolute Gasteiger partial charge is 0.308 e. The minimum atomic E-state index is 0.397. The fourth-order valence-corrected chi connectivity index (χ4v) is 3.71. The third kappa shape index (κ3) is 2.17. The fourth-order valence-electron chi connectivity index (χ4n) is 3.71. The second-order valence-electron chi connectivity index (χ2n) is 6.40. The first-order valence-electron chi connectivity index (χ1n) is 7.38. The summed E-state index contributed by atoms with van der Waals surface area (Å²) in [4.78, 5) is 2.81. The molecule has 0 aromatic rings. The molecular formula is C15H26N2. The summed E-state index contributed by atoms with van der Waals surface area (Å²) < 4.78 is 0. The molecule has 96 valence electrons. The van der Waals surface area contributed by atoms with E-state index < -0.39 is 0 Å². The lowest BCUT2D eigenvalue weighted by Crippen LogP contribution is -2.65. The number of nitrogens with one attached hydrogen (secondary N) is 1. The molecule has 2 heteroatoms. The molecule has 1 N–H and O–H groups in total. The molecule has 1 saturated carbocycles. The van der Waals surface area contributed by atoms with Gasteiger partial charge in [-0.05, 0) is 44.9 Å². The number of rotatable bonds is 3. The van der Waals surface area contributed by atoms with Gasteiger partial charge in [0.05, 0.1) is 0 Å². The SMILES string of the molecule is CCC1CNC(C)(C2CC2)CN1C1CC=CC1. The molecule has 2 nitrogen and oxygen atoms in total. The van der Waals surface area contributed by atoms with Crippen LogP contribution in [0.5, 0.6) is 0 Å². The maximum atomic E-state index is 3.85. The van der Waals surface area contributed by atoms with E-state index >= 15 is 0 Å². The summed E-state index contributed by atoms with van der Waals surface area (Å²) in [6.07, 6.45) is 11.5. The number of hydrogen-bond acceptors (Lipinski definition) is 2. The summed E-state index contributed by atoms with van der Waals surface area (Å²) in [5.41, 5.74) is 0.397. The highest BCUT2D eigenvalue weighted by molar-refractivity contribution is 5.08. The van der Waals surface area contributed by atoms with Crippen molar-refractivity contribution in [3.8, 4) is 0 Å². The van der Waals surface area contributed by atoms with E-state index in [4.69, 9.17) is 0 Å². The third-order valence-corrected chi connectivity index (χ3v) is 5.12. The van der Waals surface area contributed by atoms with E-state index in [2.05, 4.69) is 36.2 Å². The van der Waals surface area contributed by atoms with Crippen LogP contribution in [0.4, 0.5) is 0 Å². The molecule has 0 amide bonds. The predicted molar refractivity (Wildman–Crippen MR) is 72.1 cm³/mol. The Labute approximate surface area is 105 Å².